The minimum atomic E-state index is 0.0106. The zero-order chi connectivity index (χ0) is 10.1. The quantitative estimate of drug-likeness (QED) is 0.589. The fourth-order valence-corrected chi connectivity index (χ4v) is 1.23. The van der Waals surface area contributed by atoms with E-state index in [2.05, 4.69) is 13.8 Å². The van der Waals surface area contributed by atoms with Gasteiger partial charge in [-0.2, -0.15) is 0 Å². The summed E-state index contributed by atoms with van der Waals surface area (Å²) in [4.78, 5) is 0. The van der Waals surface area contributed by atoms with E-state index in [-0.39, 0.29) is 12.1 Å². The number of nitrogens with two attached hydrogens (primary N) is 1. The molecule has 80 valence electrons. The number of hydrogen-bond acceptors (Lipinski definition) is 3. The summed E-state index contributed by atoms with van der Waals surface area (Å²) in [5, 5.41) is 0. The van der Waals surface area contributed by atoms with E-state index in [4.69, 9.17) is 15.2 Å². The summed E-state index contributed by atoms with van der Waals surface area (Å²) in [5.74, 6) is 0. The van der Waals surface area contributed by atoms with Crippen LogP contribution in [-0.2, 0) is 9.47 Å². The van der Waals surface area contributed by atoms with E-state index < -0.39 is 0 Å². The zero-order valence-corrected chi connectivity index (χ0v) is 9.08. The third-order valence-corrected chi connectivity index (χ3v) is 1.92. The molecule has 0 aromatic heterocycles. The lowest BCUT2D eigenvalue weighted by Crippen LogP contribution is -2.40. The first-order valence-electron chi connectivity index (χ1n) is 5.21. The van der Waals surface area contributed by atoms with Crippen molar-refractivity contribution in [3.05, 3.63) is 0 Å². The fourth-order valence-electron chi connectivity index (χ4n) is 1.23. The molecule has 0 radical (unpaired) electrons. The van der Waals surface area contributed by atoms with E-state index in [9.17, 15) is 0 Å². The van der Waals surface area contributed by atoms with Crippen LogP contribution in [-0.4, -0.2) is 32.0 Å². The van der Waals surface area contributed by atoms with Gasteiger partial charge in [0.1, 0.15) is 0 Å². The summed E-state index contributed by atoms with van der Waals surface area (Å²) in [6.07, 6.45) is 2.13. The van der Waals surface area contributed by atoms with Gasteiger partial charge in [-0.1, -0.05) is 13.8 Å². The van der Waals surface area contributed by atoms with Crippen LogP contribution in [0.4, 0.5) is 0 Å². The molecule has 0 spiro atoms. The summed E-state index contributed by atoms with van der Waals surface area (Å²) in [7, 11) is 0. The predicted octanol–water partition coefficient (Wildman–Crippen LogP) is 1.56. The van der Waals surface area contributed by atoms with Crippen molar-refractivity contribution in [1.29, 1.82) is 0 Å². The van der Waals surface area contributed by atoms with Crippen LogP contribution >= 0.6 is 0 Å². The molecule has 3 heteroatoms. The van der Waals surface area contributed by atoms with Crippen molar-refractivity contribution in [2.24, 2.45) is 5.73 Å². The number of hydrogen-bond donors (Lipinski definition) is 1. The Kier molecular flexibility index (Phi) is 8.40. The van der Waals surface area contributed by atoms with Crippen LogP contribution < -0.4 is 5.73 Å². The molecule has 2 atom stereocenters. The monoisotopic (exact) mass is 189 g/mol. The Balaban J connectivity index is 3.57. The zero-order valence-electron chi connectivity index (χ0n) is 9.08. The Bertz CT molecular complexity index is 109. The Morgan fingerprint density at radius 2 is 1.92 bits per heavy atom. The van der Waals surface area contributed by atoms with Gasteiger partial charge in [-0.25, -0.2) is 0 Å². The molecule has 0 bridgehead atoms. The molecular formula is C10H23NO2. The second-order valence-corrected chi connectivity index (χ2v) is 3.14. The van der Waals surface area contributed by atoms with Crippen molar-refractivity contribution >= 4 is 0 Å². The van der Waals surface area contributed by atoms with Gasteiger partial charge in [-0.05, 0) is 19.8 Å². The third-order valence-electron chi connectivity index (χ3n) is 1.92. The summed E-state index contributed by atoms with van der Waals surface area (Å²) >= 11 is 0. The van der Waals surface area contributed by atoms with Crippen LogP contribution in [0.15, 0.2) is 0 Å². The Hall–Kier alpha value is -0.120. The highest BCUT2D eigenvalue weighted by atomic mass is 16.5. The summed E-state index contributed by atoms with van der Waals surface area (Å²) in [6.45, 7) is 8.27. The first-order valence-corrected chi connectivity index (χ1v) is 5.21. The van der Waals surface area contributed by atoms with E-state index in [1.165, 1.54) is 0 Å². The maximum Gasteiger partial charge on any atom is 0.0745 e. The van der Waals surface area contributed by atoms with Crippen molar-refractivity contribution in [3.63, 3.8) is 0 Å². The predicted molar refractivity (Wildman–Crippen MR) is 54.8 cm³/mol. The van der Waals surface area contributed by atoms with Gasteiger partial charge in [0.15, 0.2) is 0 Å². The Morgan fingerprint density at radius 3 is 2.38 bits per heavy atom. The van der Waals surface area contributed by atoms with E-state index >= 15 is 0 Å². The second-order valence-electron chi connectivity index (χ2n) is 3.14. The molecule has 0 aliphatic carbocycles. The molecule has 0 amide bonds. The molecule has 2 unspecified atom stereocenters. The van der Waals surface area contributed by atoms with Crippen molar-refractivity contribution < 1.29 is 9.47 Å². The molecule has 0 saturated heterocycles. The van der Waals surface area contributed by atoms with E-state index in [0.717, 1.165) is 26.1 Å². The van der Waals surface area contributed by atoms with Gasteiger partial charge in [-0.15, -0.1) is 0 Å². The van der Waals surface area contributed by atoms with Gasteiger partial charge in [-0.3, -0.25) is 0 Å². The molecule has 0 saturated carbocycles. The van der Waals surface area contributed by atoms with Gasteiger partial charge in [0.05, 0.1) is 18.8 Å². The van der Waals surface area contributed by atoms with Gasteiger partial charge in [0, 0.05) is 13.2 Å². The molecule has 0 rings (SSSR count). The maximum absolute atomic E-state index is 5.91. The van der Waals surface area contributed by atoms with Crippen molar-refractivity contribution in [2.45, 2.75) is 45.8 Å². The highest BCUT2D eigenvalue weighted by Gasteiger charge is 2.15. The van der Waals surface area contributed by atoms with Crippen LogP contribution in [0.3, 0.4) is 0 Å². The lowest BCUT2D eigenvalue weighted by Gasteiger charge is -2.22. The van der Waals surface area contributed by atoms with E-state index in [1.54, 1.807) is 0 Å². The van der Waals surface area contributed by atoms with Gasteiger partial charge in [0.2, 0.25) is 0 Å². The third kappa shape index (κ3) is 6.02. The van der Waals surface area contributed by atoms with Crippen LogP contribution in [0, 0.1) is 0 Å². The first kappa shape index (κ1) is 12.9. The average molecular weight is 189 g/mol. The highest BCUT2D eigenvalue weighted by molar-refractivity contribution is 4.71. The normalized spacial score (nSPS) is 15.7. The Labute approximate surface area is 81.6 Å². The molecule has 0 heterocycles. The molecule has 0 aromatic rings. The molecule has 0 aliphatic rings. The van der Waals surface area contributed by atoms with Crippen LogP contribution in [0.1, 0.15) is 33.6 Å². The number of rotatable bonds is 8. The van der Waals surface area contributed by atoms with Crippen molar-refractivity contribution in [2.75, 3.05) is 19.8 Å². The molecule has 2 N–H and O–H groups in total. The van der Waals surface area contributed by atoms with Crippen molar-refractivity contribution in [1.82, 2.24) is 0 Å². The van der Waals surface area contributed by atoms with Crippen molar-refractivity contribution in [3.8, 4) is 0 Å². The first-order chi connectivity index (χ1) is 6.26. The lowest BCUT2D eigenvalue weighted by molar-refractivity contribution is 0.0101. The molecule has 0 aliphatic heterocycles. The minimum absolute atomic E-state index is 0.0106. The van der Waals surface area contributed by atoms with Crippen LogP contribution in [0.5, 0.6) is 0 Å². The average Bonchev–Trinajstić information content (AvgIpc) is 2.14. The molecule has 0 fully saturated rings. The van der Waals surface area contributed by atoms with Crippen LogP contribution in [0.25, 0.3) is 0 Å². The summed E-state index contributed by atoms with van der Waals surface area (Å²) in [6, 6.07) is 0.0106. The largest absolute Gasteiger partial charge is 0.380 e. The molecular weight excluding hydrogens is 166 g/mol. The topological polar surface area (TPSA) is 44.5 Å². The second kappa shape index (κ2) is 8.48. The standard InChI is InChI=1S/C10H23NO2/c1-4-7-12-8-9(11)10(5-2)13-6-3/h9-10H,4-8,11H2,1-3H3. The number of ether oxygens (including phenoxy) is 2. The summed E-state index contributed by atoms with van der Waals surface area (Å²) in [5.41, 5.74) is 5.91. The van der Waals surface area contributed by atoms with E-state index in [0.29, 0.717) is 6.61 Å². The van der Waals surface area contributed by atoms with Gasteiger partial charge in [0.25, 0.3) is 0 Å². The molecule has 0 aromatic carbocycles. The van der Waals surface area contributed by atoms with E-state index in [1.807, 2.05) is 6.92 Å². The molecule has 13 heavy (non-hydrogen) atoms. The van der Waals surface area contributed by atoms with Gasteiger partial charge >= 0.3 is 0 Å². The van der Waals surface area contributed by atoms with Gasteiger partial charge < -0.3 is 15.2 Å². The van der Waals surface area contributed by atoms with Crippen LogP contribution in [0.2, 0.25) is 0 Å². The minimum Gasteiger partial charge on any atom is -0.380 e. The molecule has 3 nitrogen and oxygen atoms in total. The fraction of sp³-hybridized carbons (Fsp3) is 1.00. The summed E-state index contributed by atoms with van der Waals surface area (Å²) < 4.78 is 10.8. The lowest BCUT2D eigenvalue weighted by atomic mass is 10.1. The maximum atomic E-state index is 5.91. The highest BCUT2D eigenvalue weighted by Crippen LogP contribution is 2.03. The Morgan fingerprint density at radius 1 is 1.23 bits per heavy atom. The SMILES string of the molecule is CCCOCC(N)C(CC)OCC. The smallest absolute Gasteiger partial charge is 0.0745 e.